The highest BCUT2D eigenvalue weighted by atomic mass is 32.2. The Hall–Kier alpha value is -1.27. The molecular formula is C19H33N5O5S. The zero-order valence-electron chi connectivity index (χ0n) is 17.9. The van der Waals surface area contributed by atoms with E-state index in [1.54, 1.807) is 0 Å². The van der Waals surface area contributed by atoms with Crippen LogP contribution in [0.4, 0.5) is 4.79 Å². The smallest absolute Gasteiger partial charge is 0.326 e. The van der Waals surface area contributed by atoms with Gasteiger partial charge in [-0.15, -0.1) is 0 Å². The molecule has 2 atom stereocenters. The molecule has 11 heteroatoms. The predicted molar refractivity (Wildman–Crippen MR) is 110 cm³/mol. The standard InChI is InChI=1S/C19H33N5O5S/c1-15-12-23(13-16(2)29-15)30(27,28)22-10-8-21(9-11-22)14-24-17(25)19(20-18(24)26)6-4-3-5-7-19/h15-16H,3-14H2,1-2H3,(H,20,26). The van der Waals surface area contributed by atoms with Gasteiger partial charge in [-0.05, 0) is 26.7 Å². The van der Waals surface area contributed by atoms with Gasteiger partial charge in [-0.25, -0.2) is 9.69 Å². The maximum atomic E-state index is 13.0. The largest absolute Gasteiger partial charge is 0.373 e. The molecule has 0 radical (unpaired) electrons. The number of imide groups is 1. The second kappa shape index (κ2) is 8.34. The minimum Gasteiger partial charge on any atom is -0.373 e. The Morgan fingerprint density at radius 2 is 1.57 bits per heavy atom. The Morgan fingerprint density at radius 1 is 0.967 bits per heavy atom. The van der Waals surface area contributed by atoms with Crippen molar-refractivity contribution < 1.29 is 22.7 Å². The molecule has 0 aromatic heterocycles. The van der Waals surface area contributed by atoms with Gasteiger partial charge in [0.05, 0.1) is 18.9 Å². The molecule has 1 saturated carbocycles. The first kappa shape index (κ1) is 21.9. The molecule has 0 bridgehead atoms. The summed E-state index contributed by atoms with van der Waals surface area (Å²) < 4.78 is 34.7. The fourth-order valence-electron chi connectivity index (χ4n) is 5.08. The van der Waals surface area contributed by atoms with Crippen molar-refractivity contribution in [3.05, 3.63) is 0 Å². The van der Waals surface area contributed by atoms with Gasteiger partial charge in [-0.2, -0.15) is 17.0 Å². The van der Waals surface area contributed by atoms with Gasteiger partial charge in [0, 0.05) is 39.3 Å². The van der Waals surface area contributed by atoms with Gasteiger partial charge < -0.3 is 10.1 Å². The Labute approximate surface area is 178 Å². The van der Waals surface area contributed by atoms with Crippen molar-refractivity contribution in [1.29, 1.82) is 0 Å². The number of piperazine rings is 1. The Kier molecular flexibility index (Phi) is 6.10. The summed E-state index contributed by atoms with van der Waals surface area (Å²) in [4.78, 5) is 28.7. The van der Waals surface area contributed by atoms with Crippen LogP contribution in [0.15, 0.2) is 0 Å². The highest BCUT2D eigenvalue weighted by molar-refractivity contribution is 7.86. The Balaban J connectivity index is 1.34. The van der Waals surface area contributed by atoms with Gasteiger partial charge in [0.25, 0.3) is 16.1 Å². The Bertz CT molecular complexity index is 766. The van der Waals surface area contributed by atoms with E-state index in [-0.39, 0.29) is 30.8 Å². The number of morpholine rings is 1. The van der Waals surface area contributed by atoms with Crippen LogP contribution in [-0.2, 0) is 19.7 Å². The van der Waals surface area contributed by atoms with Crippen LogP contribution in [0.2, 0.25) is 0 Å². The molecule has 0 aromatic rings. The van der Waals surface area contributed by atoms with Gasteiger partial charge >= 0.3 is 6.03 Å². The molecule has 3 heterocycles. The first-order valence-corrected chi connectivity index (χ1v) is 12.4. The average molecular weight is 444 g/mol. The minimum absolute atomic E-state index is 0.126. The molecule has 0 aromatic carbocycles. The van der Waals surface area contributed by atoms with E-state index in [0.29, 0.717) is 52.1 Å². The predicted octanol–water partition coefficient (Wildman–Crippen LogP) is 0.170. The second-order valence-electron chi connectivity index (χ2n) is 9.05. The number of nitrogens with one attached hydrogen (secondary N) is 1. The molecule has 2 unspecified atom stereocenters. The van der Waals surface area contributed by atoms with Crippen molar-refractivity contribution in [3.8, 4) is 0 Å². The number of amides is 3. The van der Waals surface area contributed by atoms with E-state index in [4.69, 9.17) is 4.74 Å². The van der Waals surface area contributed by atoms with Crippen LogP contribution in [0.3, 0.4) is 0 Å². The lowest BCUT2D eigenvalue weighted by Crippen LogP contribution is -2.58. The lowest BCUT2D eigenvalue weighted by Gasteiger charge is -2.40. The zero-order valence-corrected chi connectivity index (χ0v) is 18.7. The maximum absolute atomic E-state index is 13.0. The zero-order chi connectivity index (χ0) is 21.5. The van der Waals surface area contributed by atoms with Crippen LogP contribution < -0.4 is 5.32 Å². The van der Waals surface area contributed by atoms with Gasteiger partial charge in [0.1, 0.15) is 5.54 Å². The van der Waals surface area contributed by atoms with Crippen molar-refractivity contribution in [2.24, 2.45) is 0 Å². The van der Waals surface area contributed by atoms with E-state index in [1.165, 1.54) is 13.5 Å². The van der Waals surface area contributed by atoms with E-state index in [2.05, 4.69) is 5.32 Å². The average Bonchev–Trinajstić information content (AvgIpc) is 2.92. The van der Waals surface area contributed by atoms with E-state index >= 15 is 0 Å². The first-order valence-electron chi connectivity index (χ1n) is 11.0. The molecule has 170 valence electrons. The third kappa shape index (κ3) is 4.10. The van der Waals surface area contributed by atoms with E-state index in [9.17, 15) is 18.0 Å². The van der Waals surface area contributed by atoms with Crippen molar-refractivity contribution in [1.82, 2.24) is 23.7 Å². The number of carbonyl (C=O) groups is 2. The lowest BCUT2D eigenvalue weighted by atomic mass is 9.82. The van der Waals surface area contributed by atoms with E-state index in [0.717, 1.165) is 19.3 Å². The van der Waals surface area contributed by atoms with Crippen LogP contribution in [0, 0.1) is 0 Å². The summed E-state index contributed by atoms with van der Waals surface area (Å²) in [7, 11) is -3.55. The van der Waals surface area contributed by atoms with Gasteiger partial charge in [-0.3, -0.25) is 9.69 Å². The topological polar surface area (TPSA) is 103 Å². The normalized spacial score (nSPS) is 32.0. The third-order valence-electron chi connectivity index (χ3n) is 6.66. The van der Waals surface area contributed by atoms with Gasteiger partial charge in [0.2, 0.25) is 0 Å². The molecule has 4 rings (SSSR count). The molecule has 1 N–H and O–H groups in total. The number of ether oxygens (including phenoxy) is 1. The first-order chi connectivity index (χ1) is 14.2. The molecular weight excluding hydrogens is 410 g/mol. The Morgan fingerprint density at radius 3 is 2.17 bits per heavy atom. The maximum Gasteiger partial charge on any atom is 0.326 e. The molecule has 3 amide bonds. The fourth-order valence-corrected chi connectivity index (χ4v) is 6.83. The molecule has 10 nitrogen and oxygen atoms in total. The summed E-state index contributed by atoms with van der Waals surface area (Å²) in [6.07, 6.45) is 4.16. The molecule has 4 aliphatic rings. The summed E-state index contributed by atoms with van der Waals surface area (Å²) in [5, 5.41) is 2.93. The van der Waals surface area contributed by atoms with Gasteiger partial charge in [-0.1, -0.05) is 19.3 Å². The molecule has 30 heavy (non-hydrogen) atoms. The number of hydrogen-bond donors (Lipinski definition) is 1. The minimum atomic E-state index is -3.55. The van der Waals surface area contributed by atoms with Crippen LogP contribution in [0.5, 0.6) is 0 Å². The summed E-state index contributed by atoms with van der Waals surface area (Å²) in [6, 6.07) is -0.326. The molecule has 1 spiro atoms. The molecule has 1 aliphatic carbocycles. The quantitative estimate of drug-likeness (QED) is 0.622. The van der Waals surface area contributed by atoms with Crippen LogP contribution in [0.1, 0.15) is 46.0 Å². The SMILES string of the molecule is CC1CN(S(=O)(=O)N2CCN(CN3C(=O)NC4(CCCCC4)C3=O)CC2)CC(C)O1. The van der Waals surface area contributed by atoms with Crippen molar-refractivity contribution in [3.63, 3.8) is 0 Å². The van der Waals surface area contributed by atoms with Crippen molar-refractivity contribution in [2.75, 3.05) is 45.9 Å². The summed E-state index contributed by atoms with van der Waals surface area (Å²) in [5.41, 5.74) is -0.718. The highest BCUT2D eigenvalue weighted by Crippen LogP contribution is 2.33. The van der Waals surface area contributed by atoms with Crippen LogP contribution >= 0.6 is 0 Å². The molecule has 3 saturated heterocycles. The number of urea groups is 1. The van der Waals surface area contributed by atoms with Crippen molar-refractivity contribution >= 4 is 22.1 Å². The number of carbonyl (C=O) groups excluding carboxylic acids is 2. The third-order valence-corrected chi connectivity index (χ3v) is 8.63. The fraction of sp³-hybridized carbons (Fsp3) is 0.895. The number of hydrogen-bond acceptors (Lipinski definition) is 6. The van der Waals surface area contributed by atoms with Crippen LogP contribution in [0.25, 0.3) is 0 Å². The summed E-state index contributed by atoms with van der Waals surface area (Å²) in [6.45, 7) is 6.35. The number of nitrogens with zero attached hydrogens (tertiary/aromatic N) is 4. The van der Waals surface area contributed by atoms with E-state index in [1.807, 2.05) is 18.7 Å². The van der Waals surface area contributed by atoms with E-state index < -0.39 is 15.7 Å². The van der Waals surface area contributed by atoms with Crippen LogP contribution in [-0.4, -0.2) is 102 Å². The molecule has 4 fully saturated rings. The van der Waals surface area contributed by atoms with Crippen molar-refractivity contribution in [2.45, 2.75) is 63.7 Å². The summed E-state index contributed by atoms with van der Waals surface area (Å²) >= 11 is 0. The summed E-state index contributed by atoms with van der Waals surface area (Å²) in [5.74, 6) is -0.126. The molecule has 3 aliphatic heterocycles. The lowest BCUT2D eigenvalue weighted by molar-refractivity contribution is -0.134. The second-order valence-corrected chi connectivity index (χ2v) is 11.0. The number of rotatable bonds is 4. The monoisotopic (exact) mass is 443 g/mol. The van der Waals surface area contributed by atoms with Gasteiger partial charge in [0.15, 0.2) is 0 Å². The highest BCUT2D eigenvalue weighted by Gasteiger charge is 2.51.